The molecule has 0 radical (unpaired) electrons. The normalized spacial score (nSPS) is 11.9. The molecular weight excluding hydrogens is 108 g/mol. The van der Waals surface area contributed by atoms with Crippen LogP contribution < -0.4 is 0 Å². The fraction of sp³-hybridized carbons (Fsp3) is 0.750. The van der Waals surface area contributed by atoms with Gasteiger partial charge in [-0.2, -0.15) is 0 Å². The summed E-state index contributed by atoms with van der Waals surface area (Å²) in [6, 6.07) is 0. The lowest BCUT2D eigenvalue weighted by Crippen LogP contribution is -2.30. The van der Waals surface area contributed by atoms with Crippen molar-refractivity contribution in [2.75, 3.05) is 7.11 Å². The molecule has 0 aromatic carbocycles. The zero-order valence-corrected chi connectivity index (χ0v) is 6.02. The minimum Gasteiger partial charge on any atom is -0.395 e. The molecule has 0 rings (SSSR count). The lowest BCUT2D eigenvalue weighted by atomic mass is 11.8. The maximum Gasteiger partial charge on any atom is 0.391 e. The van der Waals surface area contributed by atoms with Gasteiger partial charge in [0.2, 0.25) is 7.11 Å². The van der Waals surface area contributed by atoms with Gasteiger partial charge in [-0.05, 0) is 13.1 Å². The van der Waals surface area contributed by atoms with Crippen LogP contribution in [0.3, 0.4) is 0 Å². The summed E-state index contributed by atoms with van der Waals surface area (Å²) in [5, 5.41) is 0. The molecule has 0 atom stereocenters. The van der Waals surface area contributed by atoms with Gasteiger partial charge < -0.3 is 4.43 Å². The molecule has 0 unspecified atom stereocenters. The molecule has 0 aromatic rings. The summed E-state index contributed by atoms with van der Waals surface area (Å²) in [5.74, 6) is 0. The topological polar surface area (TPSA) is 18.5 Å². The van der Waals surface area contributed by atoms with Gasteiger partial charge in [0.1, 0.15) is 0 Å². The summed E-state index contributed by atoms with van der Waals surface area (Å²) < 4.78 is 9.69. The molecule has 0 bridgehead atoms. The van der Waals surface area contributed by atoms with Crippen molar-refractivity contribution in [3.05, 3.63) is 7.11 Å². The van der Waals surface area contributed by atoms with Crippen LogP contribution in [0.2, 0.25) is 13.1 Å². The Labute approximate surface area is 45.7 Å². The molecule has 0 spiro atoms. The van der Waals surface area contributed by atoms with Crippen LogP contribution in [-0.2, 0) is 8.85 Å². The second-order valence-electron chi connectivity index (χ2n) is 1.75. The molecule has 2 nitrogen and oxygen atoms in total. The monoisotopic (exact) mass is 119 g/mol. The van der Waals surface area contributed by atoms with Crippen LogP contribution in [0.15, 0.2) is 0 Å². The second kappa shape index (κ2) is 2.35. The summed E-state index contributed by atoms with van der Waals surface area (Å²) in [4.78, 5) is 0. The van der Waals surface area contributed by atoms with Crippen LogP contribution in [0.4, 0.5) is 0 Å². The van der Waals surface area contributed by atoms with Gasteiger partial charge in [-0.1, -0.05) is 0 Å². The fourth-order valence-electron chi connectivity index (χ4n) is 0.0589. The van der Waals surface area contributed by atoms with Gasteiger partial charge in [-0.25, -0.2) is 4.43 Å². The summed E-state index contributed by atoms with van der Waals surface area (Å²) in [7, 11) is 3.14. The van der Waals surface area contributed by atoms with E-state index >= 15 is 0 Å². The maximum atomic E-state index is 4.94. The highest BCUT2D eigenvalue weighted by Crippen LogP contribution is 2.00. The number of rotatable bonds is 2. The van der Waals surface area contributed by atoms with Crippen LogP contribution >= 0.6 is 0 Å². The minimum atomic E-state index is -1.76. The molecular formula is C4H11O2Si+. The lowest BCUT2D eigenvalue weighted by Gasteiger charge is -2.09. The van der Waals surface area contributed by atoms with Crippen molar-refractivity contribution in [3.8, 4) is 0 Å². The first-order valence-electron chi connectivity index (χ1n) is 2.11. The minimum absolute atomic E-state index is 1.64. The van der Waals surface area contributed by atoms with E-state index in [0.29, 0.717) is 0 Å². The van der Waals surface area contributed by atoms with Gasteiger partial charge in [0.25, 0.3) is 0 Å². The van der Waals surface area contributed by atoms with Gasteiger partial charge in [-0.3, -0.25) is 0 Å². The molecule has 7 heavy (non-hydrogen) atoms. The van der Waals surface area contributed by atoms with Gasteiger partial charge in [0.05, 0.1) is 0 Å². The van der Waals surface area contributed by atoms with E-state index in [1.807, 2.05) is 13.1 Å². The molecule has 0 aliphatic heterocycles. The van der Waals surface area contributed by atoms with Crippen molar-refractivity contribution in [2.24, 2.45) is 0 Å². The molecule has 42 valence electrons. The van der Waals surface area contributed by atoms with Crippen LogP contribution in [0.5, 0.6) is 0 Å². The molecule has 0 saturated carbocycles. The lowest BCUT2D eigenvalue weighted by molar-refractivity contribution is 0.282. The Balaban J connectivity index is 3.36. The Kier molecular flexibility index (Phi) is 2.35. The third-order valence-electron chi connectivity index (χ3n) is 0.839. The third kappa shape index (κ3) is 2.67. The second-order valence-corrected chi connectivity index (χ2v) is 5.24. The molecule has 0 aliphatic carbocycles. The molecule has 0 saturated heterocycles. The number of hydrogen-bond acceptors (Lipinski definition) is 2. The highest BCUT2D eigenvalue weighted by atomic mass is 28.4. The standard InChI is InChI=1S/C4H11O2Si/c1-5-7(3,4)6-2/h1H2,2-4H3/q+1. The zero-order valence-electron chi connectivity index (χ0n) is 5.02. The predicted molar refractivity (Wildman–Crippen MR) is 30.9 cm³/mol. The summed E-state index contributed by atoms with van der Waals surface area (Å²) in [6.07, 6.45) is 0. The maximum absolute atomic E-state index is 4.94. The number of hydrogen-bond donors (Lipinski definition) is 0. The zero-order chi connectivity index (χ0) is 5.91. The van der Waals surface area contributed by atoms with E-state index in [4.69, 9.17) is 8.85 Å². The predicted octanol–water partition coefficient (Wildman–Crippen LogP) is 1.14. The highest BCUT2D eigenvalue weighted by Gasteiger charge is 2.24. The first-order valence-corrected chi connectivity index (χ1v) is 4.92. The van der Waals surface area contributed by atoms with Gasteiger partial charge in [0.15, 0.2) is 0 Å². The molecule has 0 N–H and O–H groups in total. The van der Waals surface area contributed by atoms with Crippen molar-refractivity contribution in [2.45, 2.75) is 13.1 Å². The SMILES string of the molecule is [CH2+]O[Si](C)(C)OC. The Hall–Kier alpha value is 0.00688. The summed E-state index contributed by atoms with van der Waals surface area (Å²) >= 11 is 0. The Morgan fingerprint density at radius 3 is 1.86 bits per heavy atom. The van der Waals surface area contributed by atoms with Crippen LogP contribution in [0, 0.1) is 7.11 Å². The Morgan fingerprint density at radius 2 is 1.86 bits per heavy atom. The van der Waals surface area contributed by atoms with Crippen molar-refractivity contribution in [1.82, 2.24) is 0 Å². The van der Waals surface area contributed by atoms with E-state index < -0.39 is 8.56 Å². The quantitative estimate of drug-likeness (QED) is 0.401. The van der Waals surface area contributed by atoms with E-state index in [-0.39, 0.29) is 0 Å². The first-order chi connectivity index (χ1) is 3.12. The van der Waals surface area contributed by atoms with Gasteiger partial charge >= 0.3 is 8.56 Å². The van der Waals surface area contributed by atoms with E-state index in [1.165, 1.54) is 0 Å². The molecule has 0 aromatic heterocycles. The van der Waals surface area contributed by atoms with Crippen LogP contribution in [-0.4, -0.2) is 15.7 Å². The van der Waals surface area contributed by atoms with E-state index in [0.717, 1.165) is 0 Å². The van der Waals surface area contributed by atoms with Gasteiger partial charge in [0, 0.05) is 7.11 Å². The Bertz CT molecular complexity index is 47.7. The van der Waals surface area contributed by atoms with Crippen molar-refractivity contribution in [1.29, 1.82) is 0 Å². The smallest absolute Gasteiger partial charge is 0.391 e. The molecule has 0 fully saturated rings. The van der Waals surface area contributed by atoms with Crippen molar-refractivity contribution >= 4 is 8.56 Å². The fourth-order valence-corrected chi connectivity index (χ4v) is 0.177. The van der Waals surface area contributed by atoms with Crippen molar-refractivity contribution < 1.29 is 8.85 Å². The van der Waals surface area contributed by atoms with Crippen LogP contribution in [0.1, 0.15) is 0 Å². The first kappa shape index (κ1) is 7.01. The van der Waals surface area contributed by atoms with Crippen molar-refractivity contribution in [3.63, 3.8) is 0 Å². The average molecular weight is 119 g/mol. The van der Waals surface area contributed by atoms with E-state index in [2.05, 4.69) is 7.11 Å². The largest absolute Gasteiger partial charge is 0.395 e. The molecule has 0 amide bonds. The summed E-state index contributed by atoms with van der Waals surface area (Å²) in [6.45, 7) is 3.86. The molecule has 0 aliphatic rings. The highest BCUT2D eigenvalue weighted by molar-refractivity contribution is 6.64. The third-order valence-corrected chi connectivity index (χ3v) is 2.52. The molecule has 3 heteroatoms. The van der Waals surface area contributed by atoms with E-state index in [9.17, 15) is 0 Å². The Morgan fingerprint density at radius 1 is 1.43 bits per heavy atom. The van der Waals surface area contributed by atoms with Gasteiger partial charge in [-0.15, -0.1) is 0 Å². The van der Waals surface area contributed by atoms with Crippen LogP contribution in [0.25, 0.3) is 0 Å². The molecule has 0 heterocycles. The average Bonchev–Trinajstić information content (AvgIpc) is 1.68. The van der Waals surface area contributed by atoms with E-state index in [1.54, 1.807) is 7.11 Å². The summed E-state index contributed by atoms with van der Waals surface area (Å²) in [5.41, 5.74) is 0.